The minimum Gasteiger partial charge on any atom is -0.0896 e. The molecule has 3 heteroatoms. The normalized spacial score (nSPS) is 21.2. The summed E-state index contributed by atoms with van der Waals surface area (Å²) in [5.41, 5.74) is 11.3. The van der Waals surface area contributed by atoms with Gasteiger partial charge in [0.2, 0.25) is 0 Å². The van der Waals surface area contributed by atoms with Gasteiger partial charge in [0.15, 0.2) is 0 Å². The molecular formula is C10H17N3. The van der Waals surface area contributed by atoms with Crippen LogP contribution >= 0.6 is 0 Å². The first kappa shape index (κ1) is 10.1. The zero-order valence-corrected chi connectivity index (χ0v) is 8.67. The van der Waals surface area contributed by atoms with Gasteiger partial charge in [-0.25, -0.2) is 0 Å². The Kier molecular flexibility index (Phi) is 2.99. The Labute approximate surface area is 79.5 Å². The van der Waals surface area contributed by atoms with Crippen LogP contribution in [-0.2, 0) is 0 Å². The van der Waals surface area contributed by atoms with E-state index in [1.807, 2.05) is 0 Å². The van der Waals surface area contributed by atoms with Gasteiger partial charge in [-0.2, -0.15) is 0 Å². The van der Waals surface area contributed by atoms with Crippen LogP contribution in [0.3, 0.4) is 0 Å². The molecule has 1 aliphatic carbocycles. The van der Waals surface area contributed by atoms with Crippen molar-refractivity contribution in [1.29, 1.82) is 0 Å². The second-order valence-electron chi connectivity index (χ2n) is 4.39. The lowest BCUT2D eigenvalue weighted by Gasteiger charge is -2.33. The first-order valence-corrected chi connectivity index (χ1v) is 4.78. The predicted octanol–water partition coefficient (Wildman–Crippen LogP) is 3.82. The summed E-state index contributed by atoms with van der Waals surface area (Å²) >= 11 is 0. The number of nitrogens with zero attached hydrogens (tertiary/aromatic N) is 3. The summed E-state index contributed by atoms with van der Waals surface area (Å²) in [5.74, 6) is 0. The maximum Gasteiger partial charge on any atom is 0.0477 e. The summed E-state index contributed by atoms with van der Waals surface area (Å²) in [6.07, 6.45) is 3.64. The van der Waals surface area contributed by atoms with Crippen molar-refractivity contribution in [3.05, 3.63) is 21.6 Å². The van der Waals surface area contributed by atoms with Gasteiger partial charge in [0.25, 0.3) is 0 Å². The summed E-state index contributed by atoms with van der Waals surface area (Å²) in [6, 6.07) is 0. The molecule has 0 heterocycles. The number of rotatable bonds is 2. The van der Waals surface area contributed by atoms with Crippen molar-refractivity contribution in [3.8, 4) is 0 Å². The Morgan fingerprint density at radius 3 is 2.77 bits per heavy atom. The molecular weight excluding hydrogens is 162 g/mol. The van der Waals surface area contributed by atoms with Crippen molar-refractivity contribution in [1.82, 2.24) is 0 Å². The third kappa shape index (κ3) is 2.25. The molecule has 0 unspecified atom stereocenters. The van der Waals surface area contributed by atoms with Gasteiger partial charge in [0.05, 0.1) is 0 Å². The molecule has 1 rings (SSSR count). The van der Waals surface area contributed by atoms with Crippen molar-refractivity contribution in [2.75, 3.05) is 6.54 Å². The summed E-state index contributed by atoms with van der Waals surface area (Å²) < 4.78 is 0. The first-order chi connectivity index (χ1) is 6.08. The van der Waals surface area contributed by atoms with Gasteiger partial charge in [-0.1, -0.05) is 30.1 Å². The molecule has 0 aliphatic heterocycles. The minimum atomic E-state index is 0.233. The van der Waals surface area contributed by atoms with Crippen LogP contribution in [0.25, 0.3) is 10.4 Å². The second-order valence-corrected chi connectivity index (χ2v) is 4.39. The highest BCUT2D eigenvalue weighted by atomic mass is 15.1. The van der Waals surface area contributed by atoms with E-state index in [2.05, 4.69) is 30.8 Å². The number of hydrogen-bond acceptors (Lipinski definition) is 1. The van der Waals surface area contributed by atoms with Crippen LogP contribution in [0.5, 0.6) is 0 Å². The molecule has 72 valence electrons. The standard InChI is InChI=1S/C10H17N3/c1-8-5-4-6-10(2,3)9(8)7-12-13-11/h4-7H2,1-3H3. The van der Waals surface area contributed by atoms with Crippen molar-refractivity contribution in [2.45, 2.75) is 40.0 Å². The van der Waals surface area contributed by atoms with E-state index in [1.54, 1.807) is 0 Å². The molecule has 3 nitrogen and oxygen atoms in total. The van der Waals surface area contributed by atoms with Gasteiger partial charge in [-0.05, 0) is 37.1 Å². The summed E-state index contributed by atoms with van der Waals surface area (Å²) in [6.45, 7) is 7.17. The molecule has 0 fully saturated rings. The fourth-order valence-electron chi connectivity index (χ4n) is 2.13. The molecule has 0 bridgehead atoms. The van der Waals surface area contributed by atoms with Crippen molar-refractivity contribution >= 4 is 0 Å². The molecule has 0 aromatic heterocycles. The van der Waals surface area contributed by atoms with Crippen LogP contribution in [0, 0.1) is 5.41 Å². The van der Waals surface area contributed by atoms with E-state index in [4.69, 9.17) is 5.53 Å². The largest absolute Gasteiger partial charge is 0.0896 e. The van der Waals surface area contributed by atoms with Crippen LogP contribution in [-0.4, -0.2) is 6.54 Å². The molecule has 0 saturated carbocycles. The molecule has 13 heavy (non-hydrogen) atoms. The highest BCUT2D eigenvalue weighted by Gasteiger charge is 2.27. The van der Waals surface area contributed by atoms with E-state index >= 15 is 0 Å². The van der Waals surface area contributed by atoms with Crippen LogP contribution in [0.1, 0.15) is 40.0 Å². The van der Waals surface area contributed by atoms with E-state index in [1.165, 1.54) is 30.4 Å². The quantitative estimate of drug-likeness (QED) is 0.268. The van der Waals surface area contributed by atoms with Gasteiger partial charge in [0.1, 0.15) is 0 Å². The van der Waals surface area contributed by atoms with Gasteiger partial charge in [-0.3, -0.25) is 0 Å². The lowest BCUT2D eigenvalue weighted by Crippen LogP contribution is -2.22. The lowest BCUT2D eigenvalue weighted by atomic mass is 9.73. The second kappa shape index (κ2) is 3.84. The van der Waals surface area contributed by atoms with Crippen LogP contribution in [0.15, 0.2) is 16.3 Å². The van der Waals surface area contributed by atoms with Gasteiger partial charge in [-0.15, -0.1) is 0 Å². The highest BCUT2D eigenvalue weighted by Crippen LogP contribution is 2.39. The van der Waals surface area contributed by atoms with Crippen molar-refractivity contribution < 1.29 is 0 Å². The Balaban J connectivity index is 2.90. The van der Waals surface area contributed by atoms with Crippen LogP contribution in [0.2, 0.25) is 0 Å². The summed E-state index contributed by atoms with van der Waals surface area (Å²) in [4.78, 5) is 2.82. The molecule has 0 spiro atoms. The average Bonchev–Trinajstić information content (AvgIpc) is 2.02. The first-order valence-electron chi connectivity index (χ1n) is 4.78. The average molecular weight is 179 g/mol. The molecule has 0 radical (unpaired) electrons. The van der Waals surface area contributed by atoms with E-state index in [0.717, 1.165) is 0 Å². The summed E-state index contributed by atoms with van der Waals surface area (Å²) in [5, 5.41) is 3.66. The molecule has 0 saturated heterocycles. The third-order valence-electron chi connectivity index (χ3n) is 2.98. The highest BCUT2D eigenvalue weighted by molar-refractivity contribution is 5.23. The maximum atomic E-state index is 8.29. The lowest BCUT2D eigenvalue weighted by molar-refractivity contribution is 0.362. The van der Waals surface area contributed by atoms with E-state index in [0.29, 0.717) is 6.54 Å². The smallest absolute Gasteiger partial charge is 0.0477 e. The van der Waals surface area contributed by atoms with E-state index in [-0.39, 0.29) is 5.41 Å². The van der Waals surface area contributed by atoms with Gasteiger partial charge in [0, 0.05) is 11.5 Å². The molecule has 0 aromatic rings. The fraction of sp³-hybridized carbons (Fsp3) is 0.800. The van der Waals surface area contributed by atoms with E-state index in [9.17, 15) is 0 Å². The third-order valence-corrected chi connectivity index (χ3v) is 2.98. The van der Waals surface area contributed by atoms with Crippen LogP contribution < -0.4 is 0 Å². The fourth-order valence-corrected chi connectivity index (χ4v) is 2.13. The molecule has 0 atom stereocenters. The summed E-state index contributed by atoms with van der Waals surface area (Å²) in [7, 11) is 0. The zero-order chi connectivity index (χ0) is 9.90. The van der Waals surface area contributed by atoms with Crippen molar-refractivity contribution in [2.24, 2.45) is 10.5 Å². The van der Waals surface area contributed by atoms with Gasteiger partial charge < -0.3 is 0 Å². The Morgan fingerprint density at radius 2 is 2.23 bits per heavy atom. The van der Waals surface area contributed by atoms with Crippen molar-refractivity contribution in [3.63, 3.8) is 0 Å². The molecule has 0 aromatic carbocycles. The minimum absolute atomic E-state index is 0.233. The monoisotopic (exact) mass is 179 g/mol. The maximum absolute atomic E-state index is 8.29. The van der Waals surface area contributed by atoms with Gasteiger partial charge >= 0.3 is 0 Å². The topological polar surface area (TPSA) is 48.8 Å². The number of allylic oxidation sites excluding steroid dienone is 1. The molecule has 1 aliphatic rings. The predicted molar refractivity (Wildman–Crippen MR) is 54.3 cm³/mol. The Morgan fingerprint density at radius 1 is 1.54 bits per heavy atom. The zero-order valence-electron chi connectivity index (χ0n) is 8.67. The number of azide groups is 1. The Bertz CT molecular complexity index is 270. The number of hydrogen-bond donors (Lipinski definition) is 0. The Hall–Kier alpha value is -0.950. The van der Waals surface area contributed by atoms with Crippen LogP contribution in [0.4, 0.5) is 0 Å². The molecule has 0 amide bonds. The molecule has 0 N–H and O–H groups in total. The van der Waals surface area contributed by atoms with E-state index < -0.39 is 0 Å². The SMILES string of the molecule is CC1=C(CN=[N+]=[N-])C(C)(C)CCC1.